The van der Waals surface area contributed by atoms with E-state index < -0.39 is 51.2 Å². The highest BCUT2D eigenvalue weighted by atomic mass is 35.5. The maximum absolute atomic E-state index is 15.3. The zero-order valence-corrected chi connectivity index (χ0v) is 26.6. The van der Waals surface area contributed by atoms with Crippen molar-refractivity contribution in [3.05, 3.63) is 58.4 Å². The second-order valence-corrected chi connectivity index (χ2v) is 21.2. The molecule has 1 aliphatic heterocycles. The van der Waals surface area contributed by atoms with Crippen molar-refractivity contribution in [2.75, 3.05) is 19.6 Å². The number of sulfone groups is 1. The fourth-order valence-corrected chi connectivity index (χ4v) is 8.69. The Labute approximate surface area is 248 Å². The molecule has 2 aromatic rings. The molecule has 1 aliphatic carbocycles. The fourth-order valence-electron chi connectivity index (χ4n) is 4.53. The van der Waals surface area contributed by atoms with E-state index in [1.807, 2.05) is 0 Å². The smallest absolute Gasteiger partial charge is 0.385 e. The monoisotopic (exact) mass is 644 g/mol. The molecule has 1 aromatic carbocycles. The molecule has 0 bridgehead atoms. The van der Waals surface area contributed by atoms with Gasteiger partial charge in [0.25, 0.3) is 5.23 Å². The van der Waals surface area contributed by atoms with Crippen molar-refractivity contribution >= 4 is 64.5 Å². The minimum Gasteiger partial charge on any atom is -0.385 e. The number of halogens is 3. The number of aromatic nitrogens is 2. The van der Waals surface area contributed by atoms with E-state index in [1.165, 1.54) is 24.5 Å². The normalized spacial score (nSPS) is 24.3. The van der Waals surface area contributed by atoms with E-state index in [0.717, 1.165) is 36.2 Å². The van der Waals surface area contributed by atoms with Gasteiger partial charge in [-0.1, -0.05) is 37.3 Å². The maximum atomic E-state index is 15.3. The Morgan fingerprint density at radius 1 is 1.29 bits per heavy atom. The van der Waals surface area contributed by atoms with Crippen LogP contribution in [0, 0.1) is 11.7 Å². The first-order valence-electron chi connectivity index (χ1n) is 12.7. The molecule has 1 aromatic heterocycles. The van der Waals surface area contributed by atoms with Crippen LogP contribution >= 0.6 is 23.4 Å². The largest absolute Gasteiger partial charge is 0.416 e. The van der Waals surface area contributed by atoms with Crippen LogP contribution in [-0.2, 0) is 24.8 Å². The van der Waals surface area contributed by atoms with E-state index in [4.69, 9.17) is 21.1 Å². The molecule has 1 amide bonds. The van der Waals surface area contributed by atoms with Crippen LogP contribution in [0.15, 0.2) is 35.6 Å². The maximum Gasteiger partial charge on any atom is 0.416 e. The Hall–Kier alpha value is -2.39. The van der Waals surface area contributed by atoms with Gasteiger partial charge in [0, 0.05) is 32.4 Å². The number of carbonyl (C=O) groups is 1. The molecule has 222 valence electrons. The summed E-state index contributed by atoms with van der Waals surface area (Å²) in [7, 11) is -4.99. The van der Waals surface area contributed by atoms with Crippen molar-refractivity contribution in [2.45, 2.75) is 48.6 Å². The Kier molecular flexibility index (Phi) is 9.01. The summed E-state index contributed by atoms with van der Waals surface area (Å²) in [4.78, 5) is 24.7. The second-order valence-electron chi connectivity index (χ2n) is 11.4. The van der Waals surface area contributed by atoms with Crippen LogP contribution in [0.4, 0.5) is 13.6 Å². The highest BCUT2D eigenvalue weighted by Crippen LogP contribution is 2.68. The number of carbonyl (C=O) groups excluding carboxylic acids is 1. The van der Waals surface area contributed by atoms with Gasteiger partial charge >= 0.3 is 6.09 Å². The lowest BCUT2D eigenvalue weighted by Gasteiger charge is -2.33. The van der Waals surface area contributed by atoms with E-state index >= 15 is 4.39 Å². The summed E-state index contributed by atoms with van der Waals surface area (Å²) in [5, 5.41) is 2.36. The molecule has 1 saturated carbocycles. The average molecular weight is 645 g/mol. The molecule has 1 fully saturated rings. The van der Waals surface area contributed by atoms with Gasteiger partial charge < -0.3 is 9.47 Å². The first-order chi connectivity index (χ1) is 19.0. The van der Waals surface area contributed by atoms with Crippen LogP contribution in [0.5, 0.6) is 0 Å². The molecule has 0 saturated heterocycles. The van der Waals surface area contributed by atoms with Crippen LogP contribution in [-0.4, -0.2) is 61.5 Å². The van der Waals surface area contributed by atoms with Crippen molar-refractivity contribution < 1.29 is 31.5 Å². The third-order valence-corrected chi connectivity index (χ3v) is 12.8. The van der Waals surface area contributed by atoms with Crippen molar-refractivity contribution in [1.29, 1.82) is 0 Å². The summed E-state index contributed by atoms with van der Waals surface area (Å²) >= 11 is 6.55. The first kappa shape index (κ1) is 31.5. The Morgan fingerprint density at radius 2 is 2.02 bits per heavy atom. The fraction of sp³-hybridized carbons (Fsp3) is 0.462. The Balaban J connectivity index is 1.60. The molecule has 41 heavy (non-hydrogen) atoms. The van der Waals surface area contributed by atoms with Gasteiger partial charge in [-0.3, -0.25) is 5.32 Å². The molecule has 0 unspecified atom stereocenters. The lowest BCUT2D eigenvalue weighted by atomic mass is 9.86. The van der Waals surface area contributed by atoms with Gasteiger partial charge in [0.1, 0.15) is 27.5 Å². The van der Waals surface area contributed by atoms with Gasteiger partial charge in [-0.15, -0.1) is 0 Å². The Morgan fingerprint density at radius 3 is 2.66 bits per heavy atom. The number of thioether (sulfide) groups is 1. The zero-order valence-electron chi connectivity index (χ0n) is 23.2. The molecule has 15 heteroatoms. The Bertz CT molecular complexity index is 1500. The van der Waals surface area contributed by atoms with Crippen LogP contribution in [0.1, 0.15) is 30.2 Å². The first-order valence-corrected chi connectivity index (χ1v) is 19.5. The number of hydrogen-bond donors (Lipinski definition) is 1. The highest BCUT2D eigenvalue weighted by molar-refractivity contribution is 8.24. The summed E-state index contributed by atoms with van der Waals surface area (Å²) in [6, 6.07) is 4.84. The number of nitrogens with zero attached hydrogens (tertiary/aromatic N) is 3. The zero-order chi connectivity index (χ0) is 30.2. The van der Waals surface area contributed by atoms with Gasteiger partial charge in [0.2, 0.25) is 0 Å². The number of benzene rings is 1. The third kappa shape index (κ3) is 7.16. The molecule has 2 heterocycles. The van der Waals surface area contributed by atoms with Crippen LogP contribution in [0.3, 0.4) is 0 Å². The standard InChI is InChI=1S/C26H31ClF2N4O5S2Si/c1-25(17-10-16(6-7-18(17)28)11-19(29)20-13-31-22(27)14-30-20)21-12-26(21,40(2,35)36)39-24(33-25)38-23(34)32-15-37-8-9-41(3,4)5/h6-7,10-11,13-14,21H,8-9,12,15H2,1-5H3,(H,32,34)/b19-11-/t21-,25+,26+/m0/s1. The number of alkyl carbamates (subject to hydrolysis) is 1. The molecule has 2 aliphatic rings. The summed E-state index contributed by atoms with van der Waals surface area (Å²) in [6.45, 7) is 8.59. The van der Waals surface area contributed by atoms with Gasteiger partial charge in [-0.2, -0.15) is 0 Å². The van der Waals surface area contributed by atoms with Crippen molar-refractivity contribution in [3.8, 4) is 0 Å². The quantitative estimate of drug-likeness (QED) is 0.205. The predicted octanol–water partition coefficient (Wildman–Crippen LogP) is 5.85. The predicted molar refractivity (Wildman–Crippen MR) is 159 cm³/mol. The van der Waals surface area contributed by atoms with Crippen molar-refractivity contribution in [2.24, 2.45) is 10.9 Å². The van der Waals surface area contributed by atoms with Gasteiger partial charge in [0.15, 0.2) is 15.7 Å². The molecule has 0 spiro atoms. The van der Waals surface area contributed by atoms with Crippen LogP contribution in [0.25, 0.3) is 11.9 Å². The molecule has 9 nitrogen and oxygen atoms in total. The molecule has 1 N–H and O–H groups in total. The minimum atomic E-state index is -3.69. The van der Waals surface area contributed by atoms with Gasteiger partial charge in [0.05, 0.1) is 17.9 Å². The number of ether oxygens (including phenoxy) is 2. The summed E-state index contributed by atoms with van der Waals surface area (Å²) in [6.07, 6.45) is 3.89. The molecular formula is C26H31ClF2N4O5S2Si. The number of hydrogen-bond acceptors (Lipinski definition) is 9. The second kappa shape index (κ2) is 11.7. The number of amides is 1. The van der Waals surface area contributed by atoms with Crippen LogP contribution in [0.2, 0.25) is 30.8 Å². The lowest BCUT2D eigenvalue weighted by Crippen LogP contribution is -2.39. The molecule has 3 atom stereocenters. The lowest BCUT2D eigenvalue weighted by molar-refractivity contribution is 0.120. The summed E-state index contributed by atoms with van der Waals surface area (Å²) < 4.78 is 65.4. The minimum absolute atomic E-state index is 0.0354. The molecule has 4 rings (SSSR count). The number of nitrogens with one attached hydrogen (secondary N) is 1. The summed E-state index contributed by atoms with van der Waals surface area (Å²) in [5.74, 6) is -2.01. The van der Waals surface area contributed by atoms with Crippen molar-refractivity contribution in [1.82, 2.24) is 15.3 Å². The van der Waals surface area contributed by atoms with E-state index in [0.29, 0.717) is 6.61 Å². The SMILES string of the molecule is C[C@]1(c2cc(/C=C(\F)c3cnc(Cl)cn3)ccc2F)N=C(OC(=O)NCOCC[Si](C)(C)C)S[C@@]2(S(C)(=O)=O)C[C@H]21. The highest BCUT2D eigenvalue weighted by Gasteiger charge is 2.72. The van der Waals surface area contributed by atoms with E-state index in [2.05, 4.69) is 39.9 Å². The van der Waals surface area contributed by atoms with E-state index in [9.17, 15) is 17.6 Å². The number of rotatable bonds is 9. The van der Waals surface area contributed by atoms with E-state index in [-0.39, 0.29) is 40.4 Å². The molecular weight excluding hydrogens is 614 g/mol. The average Bonchev–Trinajstić information content (AvgIpc) is 3.62. The van der Waals surface area contributed by atoms with Crippen LogP contribution < -0.4 is 5.32 Å². The number of aliphatic imine (C=N–C) groups is 1. The third-order valence-electron chi connectivity index (χ3n) is 6.94. The van der Waals surface area contributed by atoms with Crippen molar-refractivity contribution in [3.63, 3.8) is 0 Å². The topological polar surface area (TPSA) is 120 Å². The molecule has 0 radical (unpaired) electrons. The van der Waals surface area contributed by atoms with E-state index in [1.54, 1.807) is 6.92 Å². The number of fused-ring (bicyclic) bond motifs is 1. The summed E-state index contributed by atoms with van der Waals surface area (Å²) in [5.41, 5.74) is -1.18. The van der Waals surface area contributed by atoms with Gasteiger partial charge in [-0.25, -0.2) is 37.0 Å². The van der Waals surface area contributed by atoms with Gasteiger partial charge in [-0.05, 0) is 54.9 Å².